The molecule has 0 fully saturated rings. The van der Waals surface area contributed by atoms with Gasteiger partial charge < -0.3 is 5.32 Å². The van der Waals surface area contributed by atoms with Crippen LogP contribution in [0, 0.1) is 0 Å². The average molecular weight is 292 g/mol. The van der Waals surface area contributed by atoms with E-state index >= 15 is 0 Å². The summed E-state index contributed by atoms with van der Waals surface area (Å²) in [6.07, 6.45) is 1.41. The lowest BCUT2D eigenvalue weighted by Crippen LogP contribution is -2.08. The number of anilines is 1. The van der Waals surface area contributed by atoms with Gasteiger partial charge in [0.25, 0.3) is 0 Å². The number of alkyl halides is 3. The fourth-order valence-corrected chi connectivity index (χ4v) is 1.90. The molecule has 0 saturated carbocycles. The molecule has 0 saturated heterocycles. The number of hydrogen-bond donors (Lipinski definition) is 1. The lowest BCUT2D eigenvalue weighted by Gasteiger charge is -2.12. The molecule has 5 heteroatoms. The van der Waals surface area contributed by atoms with Crippen molar-refractivity contribution in [1.82, 2.24) is 0 Å². The Morgan fingerprint density at radius 2 is 1.95 bits per heavy atom. The summed E-state index contributed by atoms with van der Waals surface area (Å²) < 4.78 is 37.9. The Kier molecular flexibility index (Phi) is 6.22. The third kappa shape index (κ3) is 5.55. The van der Waals surface area contributed by atoms with Crippen LogP contribution in [0.15, 0.2) is 30.9 Å². The van der Waals surface area contributed by atoms with Crippen LogP contribution < -0.4 is 5.32 Å². The maximum atomic E-state index is 12.6. The Morgan fingerprint density at radius 3 is 2.58 bits per heavy atom. The highest BCUT2D eigenvalue weighted by atomic mass is 35.5. The van der Waals surface area contributed by atoms with Gasteiger partial charge >= 0.3 is 6.18 Å². The van der Waals surface area contributed by atoms with Crippen molar-refractivity contribution in [2.24, 2.45) is 0 Å². The molecule has 1 rings (SSSR count). The van der Waals surface area contributed by atoms with Gasteiger partial charge in [0.1, 0.15) is 0 Å². The molecular formula is C14H17ClF3N. The van der Waals surface area contributed by atoms with Crippen LogP contribution in [0.1, 0.15) is 31.2 Å². The summed E-state index contributed by atoms with van der Waals surface area (Å²) in [5.41, 5.74) is -0.355. The predicted octanol–water partition coefficient (Wildman–Crippen LogP) is 5.52. The van der Waals surface area contributed by atoms with Crippen molar-refractivity contribution in [3.05, 3.63) is 41.4 Å². The summed E-state index contributed by atoms with van der Waals surface area (Å²) in [6.45, 7) is 4.28. The quantitative estimate of drug-likeness (QED) is 0.515. The summed E-state index contributed by atoms with van der Waals surface area (Å²) in [6, 6.07) is 3.87. The van der Waals surface area contributed by atoms with E-state index in [1.54, 1.807) is 6.07 Å². The maximum absolute atomic E-state index is 12.6. The summed E-state index contributed by atoms with van der Waals surface area (Å²) in [4.78, 5) is 0. The molecule has 19 heavy (non-hydrogen) atoms. The fourth-order valence-electron chi connectivity index (χ4n) is 1.68. The number of hydrogen-bond acceptors (Lipinski definition) is 1. The zero-order valence-electron chi connectivity index (χ0n) is 10.6. The van der Waals surface area contributed by atoms with Gasteiger partial charge in [-0.25, -0.2) is 0 Å². The molecule has 0 unspecified atom stereocenters. The van der Waals surface area contributed by atoms with Gasteiger partial charge in [0.15, 0.2) is 0 Å². The highest BCUT2D eigenvalue weighted by molar-refractivity contribution is 6.31. The second kappa shape index (κ2) is 7.43. The normalized spacial score (nSPS) is 11.4. The molecule has 0 spiro atoms. The van der Waals surface area contributed by atoms with Crippen LogP contribution >= 0.6 is 11.6 Å². The summed E-state index contributed by atoms with van der Waals surface area (Å²) >= 11 is 5.54. The molecule has 0 bridgehead atoms. The molecule has 0 aromatic heterocycles. The predicted molar refractivity (Wildman–Crippen MR) is 73.6 cm³/mol. The van der Waals surface area contributed by atoms with Crippen molar-refractivity contribution < 1.29 is 13.2 Å². The van der Waals surface area contributed by atoms with Gasteiger partial charge in [-0.05, 0) is 37.5 Å². The van der Waals surface area contributed by atoms with Crippen LogP contribution in [-0.2, 0) is 6.18 Å². The van der Waals surface area contributed by atoms with Crippen molar-refractivity contribution in [1.29, 1.82) is 0 Å². The van der Waals surface area contributed by atoms with Crippen LogP contribution in [0.4, 0.5) is 18.9 Å². The summed E-state index contributed by atoms with van der Waals surface area (Å²) in [7, 11) is 0. The zero-order chi connectivity index (χ0) is 14.3. The molecule has 0 aliphatic heterocycles. The van der Waals surface area contributed by atoms with Gasteiger partial charge in [0, 0.05) is 12.2 Å². The lowest BCUT2D eigenvalue weighted by molar-refractivity contribution is -0.137. The highest BCUT2D eigenvalue weighted by Gasteiger charge is 2.33. The van der Waals surface area contributed by atoms with Gasteiger partial charge in [0.2, 0.25) is 0 Å². The van der Waals surface area contributed by atoms with Crippen LogP contribution in [0.5, 0.6) is 0 Å². The SMILES string of the molecule is C=CCCCCCNc1ccc(Cl)c(C(F)(F)F)c1. The van der Waals surface area contributed by atoms with Crippen LogP contribution in [0.25, 0.3) is 0 Å². The number of halogens is 4. The van der Waals surface area contributed by atoms with Gasteiger partial charge in [0.05, 0.1) is 10.6 Å². The highest BCUT2D eigenvalue weighted by Crippen LogP contribution is 2.36. The first kappa shape index (κ1) is 15.9. The second-order valence-electron chi connectivity index (χ2n) is 4.26. The van der Waals surface area contributed by atoms with Gasteiger partial charge in [-0.3, -0.25) is 0 Å². The van der Waals surface area contributed by atoms with E-state index in [2.05, 4.69) is 11.9 Å². The molecule has 0 aliphatic carbocycles. The minimum atomic E-state index is -4.42. The number of benzene rings is 1. The van der Waals surface area contributed by atoms with Crippen LogP contribution in [0.2, 0.25) is 5.02 Å². The van der Waals surface area contributed by atoms with E-state index in [0.717, 1.165) is 31.7 Å². The molecule has 0 heterocycles. The van der Waals surface area contributed by atoms with Crippen LogP contribution in [-0.4, -0.2) is 6.54 Å². The molecule has 0 atom stereocenters. The smallest absolute Gasteiger partial charge is 0.385 e. The topological polar surface area (TPSA) is 12.0 Å². The molecule has 1 aromatic carbocycles. The monoisotopic (exact) mass is 291 g/mol. The van der Waals surface area contributed by atoms with E-state index < -0.39 is 11.7 Å². The van der Waals surface area contributed by atoms with Crippen molar-refractivity contribution in [2.75, 3.05) is 11.9 Å². The molecule has 106 valence electrons. The van der Waals surface area contributed by atoms with Crippen molar-refractivity contribution >= 4 is 17.3 Å². The van der Waals surface area contributed by atoms with Crippen molar-refractivity contribution in [3.8, 4) is 0 Å². The van der Waals surface area contributed by atoms with Gasteiger partial charge in [-0.1, -0.05) is 24.1 Å². The number of unbranched alkanes of at least 4 members (excludes halogenated alkanes) is 3. The van der Waals surface area contributed by atoms with Crippen molar-refractivity contribution in [2.45, 2.75) is 31.9 Å². The maximum Gasteiger partial charge on any atom is 0.417 e. The van der Waals surface area contributed by atoms with E-state index in [-0.39, 0.29) is 5.02 Å². The Labute approximate surface area is 116 Å². The second-order valence-corrected chi connectivity index (χ2v) is 4.66. The Balaban J connectivity index is 2.49. The minimum Gasteiger partial charge on any atom is -0.385 e. The number of allylic oxidation sites excluding steroid dienone is 1. The largest absolute Gasteiger partial charge is 0.417 e. The number of rotatable bonds is 7. The van der Waals surface area contributed by atoms with Gasteiger partial charge in [-0.15, -0.1) is 6.58 Å². The van der Waals surface area contributed by atoms with E-state index in [1.165, 1.54) is 6.07 Å². The standard InChI is InChI=1S/C14H17ClF3N/c1-2-3-4-5-6-9-19-11-7-8-13(15)12(10-11)14(16,17)18/h2,7-8,10,19H,1,3-6,9H2. The molecule has 0 aliphatic rings. The fraction of sp³-hybridized carbons (Fsp3) is 0.429. The zero-order valence-corrected chi connectivity index (χ0v) is 11.3. The molecule has 1 aromatic rings. The summed E-state index contributed by atoms with van der Waals surface area (Å²) in [5, 5.41) is 2.70. The lowest BCUT2D eigenvalue weighted by atomic mass is 10.1. The van der Waals surface area contributed by atoms with E-state index in [4.69, 9.17) is 11.6 Å². The Morgan fingerprint density at radius 1 is 1.21 bits per heavy atom. The first-order valence-corrected chi connectivity index (χ1v) is 6.54. The van der Waals surface area contributed by atoms with Crippen LogP contribution in [0.3, 0.4) is 0 Å². The Bertz CT molecular complexity index is 416. The Hall–Kier alpha value is -1.16. The first-order chi connectivity index (χ1) is 8.95. The van der Waals surface area contributed by atoms with E-state index in [9.17, 15) is 13.2 Å². The molecule has 0 radical (unpaired) electrons. The molecule has 1 nitrogen and oxygen atoms in total. The summed E-state index contributed by atoms with van der Waals surface area (Å²) in [5.74, 6) is 0. The van der Waals surface area contributed by atoms with E-state index in [0.29, 0.717) is 12.2 Å². The molecule has 0 amide bonds. The third-order valence-corrected chi connectivity index (χ3v) is 3.02. The minimum absolute atomic E-state index is 0.274. The number of nitrogens with one attached hydrogen (secondary N) is 1. The van der Waals surface area contributed by atoms with E-state index in [1.807, 2.05) is 6.08 Å². The molecule has 1 N–H and O–H groups in total. The third-order valence-electron chi connectivity index (χ3n) is 2.69. The molecular weight excluding hydrogens is 275 g/mol. The average Bonchev–Trinajstić information content (AvgIpc) is 2.34. The first-order valence-electron chi connectivity index (χ1n) is 6.16. The van der Waals surface area contributed by atoms with Crippen molar-refractivity contribution in [3.63, 3.8) is 0 Å². The van der Waals surface area contributed by atoms with Gasteiger partial charge in [-0.2, -0.15) is 13.2 Å².